The van der Waals surface area contributed by atoms with Crippen LogP contribution in [0.4, 0.5) is 0 Å². The molecule has 0 heteroatoms. The molecule has 4 rings (SSSR count). The normalized spacial score (nSPS) is 22.6. The van der Waals surface area contributed by atoms with E-state index in [4.69, 9.17) is 0 Å². The van der Waals surface area contributed by atoms with Crippen LogP contribution in [-0.4, -0.2) is 0 Å². The van der Waals surface area contributed by atoms with E-state index in [9.17, 15) is 0 Å². The molecule has 2 saturated carbocycles. The van der Waals surface area contributed by atoms with Crippen molar-refractivity contribution >= 4 is 0 Å². The van der Waals surface area contributed by atoms with E-state index in [1.165, 1.54) is 38.5 Å². The van der Waals surface area contributed by atoms with E-state index in [1.54, 1.807) is 11.1 Å². The maximum atomic E-state index is 2.36. The molecule has 0 bridgehead atoms. The van der Waals surface area contributed by atoms with E-state index >= 15 is 0 Å². The molecule has 0 amide bonds. The largest absolute Gasteiger partial charge is 0.0622 e. The Balaban J connectivity index is 1.84. The van der Waals surface area contributed by atoms with E-state index in [1.807, 2.05) is 0 Å². The van der Waals surface area contributed by atoms with E-state index in [2.05, 4.69) is 60.7 Å². The monoisotopic (exact) mass is 262 g/mol. The highest BCUT2D eigenvalue weighted by molar-refractivity contribution is 5.43. The topological polar surface area (TPSA) is 0 Å². The molecule has 0 unspecified atom stereocenters. The Bertz CT molecular complexity index is 518. The molecule has 0 N–H and O–H groups in total. The zero-order valence-corrected chi connectivity index (χ0v) is 12.0. The van der Waals surface area contributed by atoms with Crippen LogP contribution in [0.15, 0.2) is 60.7 Å². The van der Waals surface area contributed by atoms with Gasteiger partial charge in [0.25, 0.3) is 0 Å². The SMILES string of the molecule is c1ccc(C2(C3(c4ccccc4)CCC3)CCC2)cc1. The molecule has 2 fully saturated rings. The van der Waals surface area contributed by atoms with E-state index in [0.717, 1.165) is 0 Å². The van der Waals surface area contributed by atoms with Crippen LogP contribution >= 0.6 is 0 Å². The molecule has 0 atom stereocenters. The third-order valence-electron chi connectivity index (χ3n) is 5.98. The summed E-state index contributed by atoms with van der Waals surface area (Å²) in [5, 5.41) is 0. The summed E-state index contributed by atoms with van der Waals surface area (Å²) in [6.07, 6.45) is 8.25. The van der Waals surface area contributed by atoms with Gasteiger partial charge < -0.3 is 0 Å². The molecule has 0 nitrogen and oxygen atoms in total. The number of hydrogen-bond donors (Lipinski definition) is 0. The minimum Gasteiger partial charge on any atom is -0.0622 e. The Hall–Kier alpha value is -1.56. The molecule has 2 aromatic carbocycles. The molecule has 0 spiro atoms. The average Bonchev–Trinajstić information content (AvgIpc) is 2.42. The van der Waals surface area contributed by atoms with Gasteiger partial charge in [0.1, 0.15) is 0 Å². The second kappa shape index (κ2) is 4.48. The summed E-state index contributed by atoms with van der Waals surface area (Å²) < 4.78 is 0. The Morgan fingerprint density at radius 3 is 1.10 bits per heavy atom. The average molecular weight is 262 g/mol. The standard InChI is InChI=1S/C20H22/c1-3-9-17(10-4-1)19(13-7-14-19)20(15-8-16-20)18-11-5-2-6-12-18/h1-6,9-12H,7-8,13-16H2. The van der Waals surface area contributed by atoms with Crippen LogP contribution in [0.1, 0.15) is 49.7 Å². The van der Waals surface area contributed by atoms with Gasteiger partial charge in [-0.2, -0.15) is 0 Å². The van der Waals surface area contributed by atoms with Gasteiger partial charge in [0, 0.05) is 10.8 Å². The molecular formula is C20H22. The van der Waals surface area contributed by atoms with Gasteiger partial charge in [-0.25, -0.2) is 0 Å². The lowest BCUT2D eigenvalue weighted by molar-refractivity contribution is 0.0393. The first-order valence-electron chi connectivity index (χ1n) is 7.99. The fraction of sp³-hybridized carbons (Fsp3) is 0.400. The van der Waals surface area contributed by atoms with E-state index in [-0.39, 0.29) is 0 Å². The molecule has 2 aliphatic carbocycles. The van der Waals surface area contributed by atoms with Gasteiger partial charge in [-0.3, -0.25) is 0 Å². The first kappa shape index (κ1) is 12.2. The smallest absolute Gasteiger partial charge is 0.00498 e. The molecule has 0 heterocycles. The Kier molecular flexibility index (Phi) is 2.73. The van der Waals surface area contributed by atoms with Gasteiger partial charge in [0.2, 0.25) is 0 Å². The quantitative estimate of drug-likeness (QED) is 0.710. The molecule has 0 aromatic heterocycles. The van der Waals surface area contributed by atoms with Crippen molar-refractivity contribution in [3.05, 3.63) is 71.8 Å². The summed E-state index contributed by atoms with van der Waals surface area (Å²) in [5.41, 5.74) is 3.98. The van der Waals surface area contributed by atoms with Crippen LogP contribution < -0.4 is 0 Å². The van der Waals surface area contributed by atoms with Crippen LogP contribution in [-0.2, 0) is 10.8 Å². The summed E-state index contributed by atoms with van der Waals surface area (Å²) in [7, 11) is 0. The lowest BCUT2D eigenvalue weighted by Gasteiger charge is -2.61. The van der Waals surface area contributed by atoms with Gasteiger partial charge in [-0.15, -0.1) is 0 Å². The lowest BCUT2D eigenvalue weighted by atomic mass is 9.42. The Morgan fingerprint density at radius 2 is 0.850 bits per heavy atom. The molecule has 20 heavy (non-hydrogen) atoms. The first-order valence-corrected chi connectivity index (χ1v) is 7.99. The molecule has 102 valence electrons. The second-order valence-corrected chi connectivity index (χ2v) is 6.60. The maximum Gasteiger partial charge on any atom is 0.00498 e. The zero-order chi connectivity index (χ0) is 13.5. The van der Waals surface area contributed by atoms with Crippen molar-refractivity contribution in [1.29, 1.82) is 0 Å². The highest BCUT2D eigenvalue weighted by Crippen LogP contribution is 2.64. The highest BCUT2D eigenvalue weighted by Gasteiger charge is 2.58. The minimum atomic E-state index is 0.411. The van der Waals surface area contributed by atoms with Crippen molar-refractivity contribution in [1.82, 2.24) is 0 Å². The predicted molar refractivity (Wildman–Crippen MR) is 83.9 cm³/mol. The fourth-order valence-corrected chi connectivity index (χ4v) is 4.66. The highest BCUT2D eigenvalue weighted by atomic mass is 14.6. The molecule has 0 aliphatic heterocycles. The van der Waals surface area contributed by atoms with Crippen molar-refractivity contribution in [2.75, 3.05) is 0 Å². The van der Waals surface area contributed by atoms with Crippen molar-refractivity contribution in [2.24, 2.45) is 0 Å². The first-order chi connectivity index (χ1) is 9.87. The van der Waals surface area contributed by atoms with E-state index < -0.39 is 0 Å². The van der Waals surface area contributed by atoms with Crippen LogP contribution in [0.5, 0.6) is 0 Å². The van der Waals surface area contributed by atoms with Gasteiger partial charge in [-0.1, -0.05) is 73.5 Å². The lowest BCUT2D eigenvalue weighted by Crippen LogP contribution is -2.57. The van der Waals surface area contributed by atoms with Crippen molar-refractivity contribution in [3.8, 4) is 0 Å². The van der Waals surface area contributed by atoms with Crippen LogP contribution in [0.3, 0.4) is 0 Å². The molecule has 2 aromatic rings. The van der Waals surface area contributed by atoms with E-state index in [0.29, 0.717) is 10.8 Å². The molecule has 0 saturated heterocycles. The molecule has 2 aliphatic rings. The summed E-state index contributed by atoms with van der Waals surface area (Å²) in [6, 6.07) is 22.6. The van der Waals surface area contributed by atoms with Crippen LogP contribution in [0, 0.1) is 0 Å². The number of rotatable bonds is 3. The van der Waals surface area contributed by atoms with Gasteiger partial charge >= 0.3 is 0 Å². The Labute approximate surface area is 121 Å². The number of hydrogen-bond acceptors (Lipinski definition) is 0. The molecular weight excluding hydrogens is 240 g/mol. The predicted octanol–water partition coefficient (Wildman–Crippen LogP) is 5.23. The third kappa shape index (κ3) is 1.48. The van der Waals surface area contributed by atoms with Crippen LogP contribution in [0.2, 0.25) is 0 Å². The van der Waals surface area contributed by atoms with Gasteiger partial charge in [0.15, 0.2) is 0 Å². The van der Waals surface area contributed by atoms with Gasteiger partial charge in [0.05, 0.1) is 0 Å². The minimum absolute atomic E-state index is 0.411. The number of benzene rings is 2. The summed E-state index contributed by atoms with van der Waals surface area (Å²) in [6.45, 7) is 0. The molecule has 0 radical (unpaired) electrons. The summed E-state index contributed by atoms with van der Waals surface area (Å²) >= 11 is 0. The third-order valence-corrected chi connectivity index (χ3v) is 5.98. The fourth-order valence-electron chi connectivity index (χ4n) is 4.66. The zero-order valence-electron chi connectivity index (χ0n) is 12.0. The van der Waals surface area contributed by atoms with Crippen molar-refractivity contribution in [2.45, 2.75) is 49.4 Å². The summed E-state index contributed by atoms with van der Waals surface area (Å²) in [4.78, 5) is 0. The van der Waals surface area contributed by atoms with Crippen molar-refractivity contribution < 1.29 is 0 Å². The van der Waals surface area contributed by atoms with Crippen molar-refractivity contribution in [3.63, 3.8) is 0 Å². The second-order valence-electron chi connectivity index (χ2n) is 6.60. The van der Waals surface area contributed by atoms with Gasteiger partial charge in [-0.05, 0) is 36.8 Å². The summed E-state index contributed by atoms with van der Waals surface area (Å²) in [5.74, 6) is 0. The maximum absolute atomic E-state index is 2.36. The van der Waals surface area contributed by atoms with Crippen LogP contribution in [0.25, 0.3) is 0 Å². The Morgan fingerprint density at radius 1 is 0.500 bits per heavy atom.